The number of rotatable bonds is 2. The average molecular weight is 230 g/mol. The van der Waals surface area contributed by atoms with Gasteiger partial charge in [0, 0.05) is 5.56 Å². The van der Waals surface area contributed by atoms with Crippen LogP contribution in [0.3, 0.4) is 0 Å². The second kappa shape index (κ2) is 3.59. The van der Waals surface area contributed by atoms with E-state index in [1.54, 1.807) is 18.2 Å². The van der Waals surface area contributed by atoms with Crippen molar-refractivity contribution in [3.63, 3.8) is 0 Å². The fraction of sp³-hybridized carbons (Fsp3) is 0.111. The van der Waals surface area contributed by atoms with Crippen molar-refractivity contribution in [3.8, 4) is 0 Å². The van der Waals surface area contributed by atoms with Gasteiger partial charge in [0.1, 0.15) is 5.52 Å². The van der Waals surface area contributed by atoms with Gasteiger partial charge in [-0.15, -0.1) is 11.6 Å². The monoisotopic (exact) mass is 229 g/mol. The highest BCUT2D eigenvalue weighted by atomic mass is 35.5. The molecule has 0 aliphatic carbocycles. The summed E-state index contributed by atoms with van der Waals surface area (Å²) in [5.74, 6) is 0.639. The lowest BCUT2D eigenvalue weighted by atomic mass is 10.2. The number of nitrogens with zero attached hydrogens (tertiary/aromatic N) is 1. The summed E-state index contributed by atoms with van der Waals surface area (Å²) in [5.41, 5.74) is 1.57. The van der Waals surface area contributed by atoms with Crippen LogP contribution < -0.4 is 0 Å². The molecule has 1 heterocycles. The molecule has 0 atom stereocenters. The van der Waals surface area contributed by atoms with Gasteiger partial charge in [0.2, 0.25) is 5.89 Å². The molecule has 0 unspecified atom stereocenters. The van der Waals surface area contributed by atoms with E-state index in [0.717, 1.165) is 0 Å². The van der Waals surface area contributed by atoms with E-state index >= 15 is 0 Å². The Morgan fingerprint density at radius 3 is 2.93 bits per heavy atom. The normalized spacial score (nSPS) is 10.7. The molecule has 0 saturated carbocycles. The highest BCUT2D eigenvalue weighted by molar-refractivity contribution is 6.67. The Morgan fingerprint density at radius 1 is 1.50 bits per heavy atom. The lowest BCUT2D eigenvalue weighted by Gasteiger charge is -1.90. The first-order valence-corrected chi connectivity index (χ1v) is 4.77. The number of hydrogen-bond donors (Lipinski definition) is 0. The first-order valence-electron chi connectivity index (χ1n) is 3.86. The van der Waals surface area contributed by atoms with E-state index in [1.807, 2.05) is 0 Å². The molecule has 0 amide bonds. The number of alkyl halides is 1. The summed E-state index contributed by atoms with van der Waals surface area (Å²) in [4.78, 5) is 14.9. The molecule has 0 radical (unpaired) electrons. The van der Waals surface area contributed by atoms with Gasteiger partial charge in [0.05, 0.1) is 5.88 Å². The fourth-order valence-electron chi connectivity index (χ4n) is 1.15. The molecular formula is C9H5Cl2NO2. The molecule has 2 aromatic rings. The van der Waals surface area contributed by atoms with Gasteiger partial charge in [0.25, 0.3) is 5.24 Å². The van der Waals surface area contributed by atoms with Gasteiger partial charge >= 0.3 is 0 Å². The van der Waals surface area contributed by atoms with Gasteiger partial charge in [-0.25, -0.2) is 4.98 Å². The van der Waals surface area contributed by atoms with Crippen LogP contribution >= 0.6 is 23.2 Å². The summed E-state index contributed by atoms with van der Waals surface area (Å²) in [6, 6.07) is 4.82. The van der Waals surface area contributed by atoms with Crippen LogP contribution in [0.1, 0.15) is 16.2 Å². The van der Waals surface area contributed by atoms with E-state index in [-0.39, 0.29) is 5.88 Å². The second-order valence-electron chi connectivity index (χ2n) is 2.70. The molecule has 2 rings (SSSR count). The van der Waals surface area contributed by atoms with Crippen LogP contribution in [-0.4, -0.2) is 10.2 Å². The van der Waals surface area contributed by atoms with Crippen molar-refractivity contribution in [1.29, 1.82) is 0 Å². The highest BCUT2D eigenvalue weighted by Crippen LogP contribution is 2.19. The SMILES string of the molecule is O=C(Cl)c1ccc2nc(CCl)oc2c1. The van der Waals surface area contributed by atoms with Crippen molar-refractivity contribution in [2.75, 3.05) is 0 Å². The molecule has 0 spiro atoms. The molecule has 0 aliphatic heterocycles. The zero-order valence-corrected chi connectivity index (χ0v) is 8.47. The summed E-state index contributed by atoms with van der Waals surface area (Å²) < 4.78 is 5.25. The van der Waals surface area contributed by atoms with Crippen molar-refractivity contribution in [2.24, 2.45) is 0 Å². The maximum atomic E-state index is 10.8. The molecule has 0 aliphatic rings. The number of carbonyl (C=O) groups is 1. The van der Waals surface area contributed by atoms with Crippen molar-refractivity contribution in [3.05, 3.63) is 29.7 Å². The Morgan fingerprint density at radius 2 is 2.29 bits per heavy atom. The van der Waals surface area contributed by atoms with Crippen molar-refractivity contribution in [2.45, 2.75) is 5.88 Å². The third-order valence-electron chi connectivity index (χ3n) is 1.77. The first-order chi connectivity index (χ1) is 6.70. The Kier molecular flexibility index (Phi) is 2.44. The zero-order valence-electron chi connectivity index (χ0n) is 6.96. The van der Waals surface area contributed by atoms with Gasteiger partial charge in [-0.2, -0.15) is 0 Å². The quantitative estimate of drug-likeness (QED) is 0.588. The Balaban J connectivity index is 2.59. The third kappa shape index (κ3) is 1.61. The Labute approximate surface area is 89.6 Å². The molecule has 0 bridgehead atoms. The minimum Gasteiger partial charge on any atom is -0.439 e. The minimum atomic E-state index is -0.518. The topological polar surface area (TPSA) is 43.1 Å². The van der Waals surface area contributed by atoms with E-state index in [0.29, 0.717) is 22.6 Å². The third-order valence-corrected chi connectivity index (χ3v) is 2.22. The molecule has 0 N–H and O–H groups in total. The van der Waals surface area contributed by atoms with Crippen LogP contribution in [0.2, 0.25) is 0 Å². The molecule has 14 heavy (non-hydrogen) atoms. The van der Waals surface area contributed by atoms with Crippen LogP contribution in [-0.2, 0) is 5.88 Å². The number of aromatic nitrogens is 1. The predicted octanol–water partition coefficient (Wildman–Crippen LogP) is 2.95. The molecule has 1 aromatic heterocycles. The Hall–Kier alpha value is -1.06. The average Bonchev–Trinajstić information content (AvgIpc) is 2.58. The maximum absolute atomic E-state index is 10.8. The molecule has 0 saturated heterocycles. The number of halogens is 2. The smallest absolute Gasteiger partial charge is 0.252 e. The van der Waals surface area contributed by atoms with Crippen molar-refractivity contribution >= 4 is 39.5 Å². The maximum Gasteiger partial charge on any atom is 0.252 e. The largest absolute Gasteiger partial charge is 0.439 e. The van der Waals surface area contributed by atoms with Crippen LogP contribution in [0.15, 0.2) is 22.6 Å². The van der Waals surface area contributed by atoms with Crippen LogP contribution in [0, 0.1) is 0 Å². The van der Waals surface area contributed by atoms with Gasteiger partial charge in [-0.1, -0.05) is 0 Å². The van der Waals surface area contributed by atoms with E-state index < -0.39 is 5.24 Å². The molecule has 5 heteroatoms. The number of fused-ring (bicyclic) bond motifs is 1. The number of carbonyl (C=O) groups excluding carboxylic acids is 1. The van der Waals surface area contributed by atoms with Crippen LogP contribution in [0.4, 0.5) is 0 Å². The molecular weight excluding hydrogens is 225 g/mol. The Bertz CT molecular complexity index is 493. The molecule has 72 valence electrons. The highest BCUT2D eigenvalue weighted by Gasteiger charge is 2.08. The standard InChI is InChI=1S/C9H5Cl2NO2/c10-4-8-12-6-2-1-5(9(11)13)3-7(6)14-8/h1-3H,4H2. The second-order valence-corrected chi connectivity index (χ2v) is 3.31. The minimum absolute atomic E-state index is 0.207. The van der Waals surface area contributed by atoms with Crippen molar-refractivity contribution < 1.29 is 9.21 Å². The lowest BCUT2D eigenvalue weighted by molar-refractivity contribution is 0.108. The van der Waals surface area contributed by atoms with E-state index in [9.17, 15) is 4.79 Å². The summed E-state index contributed by atoms with van der Waals surface area (Å²) in [5, 5.41) is -0.518. The first kappa shape index (κ1) is 9.49. The zero-order chi connectivity index (χ0) is 10.1. The summed E-state index contributed by atoms with van der Waals surface area (Å²) in [7, 11) is 0. The summed E-state index contributed by atoms with van der Waals surface area (Å²) in [6.07, 6.45) is 0. The van der Waals surface area contributed by atoms with Gasteiger partial charge < -0.3 is 4.42 Å². The van der Waals surface area contributed by atoms with Gasteiger partial charge in [-0.05, 0) is 29.8 Å². The predicted molar refractivity (Wildman–Crippen MR) is 53.7 cm³/mol. The van der Waals surface area contributed by atoms with Crippen molar-refractivity contribution in [1.82, 2.24) is 4.98 Å². The number of oxazole rings is 1. The van der Waals surface area contributed by atoms with Crippen LogP contribution in [0.25, 0.3) is 11.1 Å². The van der Waals surface area contributed by atoms with Crippen LogP contribution in [0.5, 0.6) is 0 Å². The molecule has 1 aromatic carbocycles. The number of benzene rings is 1. The van der Waals surface area contributed by atoms with Gasteiger partial charge in [0.15, 0.2) is 5.58 Å². The fourth-order valence-corrected chi connectivity index (χ4v) is 1.38. The van der Waals surface area contributed by atoms with E-state index in [2.05, 4.69) is 4.98 Å². The molecule has 0 fully saturated rings. The van der Waals surface area contributed by atoms with E-state index in [4.69, 9.17) is 27.6 Å². The summed E-state index contributed by atoms with van der Waals surface area (Å²) in [6.45, 7) is 0. The van der Waals surface area contributed by atoms with E-state index in [1.165, 1.54) is 0 Å². The van der Waals surface area contributed by atoms with Gasteiger partial charge in [-0.3, -0.25) is 4.79 Å². The number of hydrogen-bond acceptors (Lipinski definition) is 3. The molecule has 3 nitrogen and oxygen atoms in total. The lowest BCUT2D eigenvalue weighted by Crippen LogP contribution is -1.86. The summed E-state index contributed by atoms with van der Waals surface area (Å²) >= 11 is 10.9.